The van der Waals surface area contributed by atoms with Crippen LogP contribution in [0.4, 0.5) is 11.4 Å². The van der Waals surface area contributed by atoms with Gasteiger partial charge >= 0.3 is 0 Å². The second-order valence-electron chi connectivity index (χ2n) is 7.22. The van der Waals surface area contributed by atoms with Crippen molar-refractivity contribution in [2.24, 2.45) is 0 Å². The Bertz CT molecular complexity index is 1240. The van der Waals surface area contributed by atoms with Gasteiger partial charge in [-0.25, -0.2) is 8.42 Å². The second-order valence-corrected chi connectivity index (χ2v) is 8.90. The molecular weight excluding hydrogens is 444 g/mol. The summed E-state index contributed by atoms with van der Waals surface area (Å²) < 4.78 is 45.2. The van der Waals surface area contributed by atoms with Crippen LogP contribution in [-0.4, -0.2) is 34.1 Å². The molecule has 0 radical (unpaired) electrons. The number of sulfonamides is 1. The first-order valence-corrected chi connectivity index (χ1v) is 12.0. The van der Waals surface area contributed by atoms with Gasteiger partial charge in [-0.2, -0.15) is 0 Å². The largest absolute Gasteiger partial charge is 0.494 e. The average molecular weight is 469 g/mol. The standard InChI is InChI=1S/C24H24N2O6S/c1-2-30-18-10-8-17(9-11-18)25-24(27)20-6-3-4-7-21(20)26-33(28,29)19-12-13-22-23(16-19)32-15-5-14-31-22/h3-4,6-13,16,26H,2,5,14-15H2,1H3,(H,25,27). The summed E-state index contributed by atoms with van der Waals surface area (Å²) in [7, 11) is -3.98. The molecule has 3 aromatic carbocycles. The molecule has 1 heterocycles. The molecule has 0 fully saturated rings. The number of hydrogen-bond acceptors (Lipinski definition) is 6. The number of nitrogens with one attached hydrogen (secondary N) is 2. The topological polar surface area (TPSA) is 103 Å². The Morgan fingerprint density at radius 2 is 1.70 bits per heavy atom. The second kappa shape index (κ2) is 9.83. The Labute approximate surface area is 192 Å². The maximum Gasteiger partial charge on any atom is 0.262 e. The monoisotopic (exact) mass is 468 g/mol. The molecule has 0 bridgehead atoms. The fourth-order valence-electron chi connectivity index (χ4n) is 3.28. The number of carbonyl (C=O) groups excluding carboxylic acids is 1. The zero-order valence-corrected chi connectivity index (χ0v) is 18.9. The van der Waals surface area contributed by atoms with Crippen LogP contribution in [0.25, 0.3) is 0 Å². The number of ether oxygens (including phenoxy) is 3. The minimum Gasteiger partial charge on any atom is -0.494 e. The lowest BCUT2D eigenvalue weighted by Crippen LogP contribution is -2.18. The Morgan fingerprint density at radius 1 is 0.970 bits per heavy atom. The van der Waals surface area contributed by atoms with Crippen LogP contribution in [0.2, 0.25) is 0 Å². The molecule has 0 aromatic heterocycles. The molecular formula is C24H24N2O6S. The van der Waals surface area contributed by atoms with Gasteiger partial charge in [-0.15, -0.1) is 0 Å². The van der Waals surface area contributed by atoms with Crippen molar-refractivity contribution in [3.63, 3.8) is 0 Å². The van der Waals surface area contributed by atoms with Crippen molar-refractivity contribution in [1.82, 2.24) is 0 Å². The molecule has 0 atom stereocenters. The van der Waals surface area contributed by atoms with E-state index in [1.54, 1.807) is 48.5 Å². The van der Waals surface area contributed by atoms with E-state index in [9.17, 15) is 13.2 Å². The quantitative estimate of drug-likeness (QED) is 0.536. The molecule has 1 aliphatic heterocycles. The molecule has 2 N–H and O–H groups in total. The number of anilines is 2. The molecule has 0 spiro atoms. The Morgan fingerprint density at radius 3 is 2.45 bits per heavy atom. The zero-order chi connectivity index (χ0) is 23.3. The number of hydrogen-bond donors (Lipinski definition) is 2. The van der Waals surface area contributed by atoms with Crippen molar-refractivity contribution in [1.29, 1.82) is 0 Å². The molecule has 1 aliphatic rings. The minimum absolute atomic E-state index is 0.00785. The van der Waals surface area contributed by atoms with Crippen LogP contribution >= 0.6 is 0 Å². The first kappa shape index (κ1) is 22.5. The van der Waals surface area contributed by atoms with Gasteiger partial charge in [0.2, 0.25) is 0 Å². The van der Waals surface area contributed by atoms with Crippen LogP contribution in [0, 0.1) is 0 Å². The summed E-state index contributed by atoms with van der Waals surface area (Å²) in [4.78, 5) is 12.9. The number of amides is 1. The lowest BCUT2D eigenvalue weighted by Gasteiger charge is -2.14. The Balaban J connectivity index is 1.54. The molecule has 4 rings (SSSR count). The first-order valence-electron chi connectivity index (χ1n) is 10.5. The van der Waals surface area contributed by atoms with Gasteiger partial charge in [0.25, 0.3) is 15.9 Å². The highest BCUT2D eigenvalue weighted by molar-refractivity contribution is 7.92. The van der Waals surface area contributed by atoms with Gasteiger partial charge in [0.1, 0.15) is 5.75 Å². The molecule has 0 unspecified atom stereocenters. The predicted octanol–water partition coefficient (Wildman–Crippen LogP) is 4.30. The number of carbonyl (C=O) groups is 1. The van der Waals surface area contributed by atoms with Crippen LogP contribution in [-0.2, 0) is 10.0 Å². The zero-order valence-electron chi connectivity index (χ0n) is 18.0. The molecule has 0 saturated heterocycles. The molecule has 172 valence electrons. The number of rotatable bonds is 7. The van der Waals surface area contributed by atoms with Gasteiger partial charge in [0.15, 0.2) is 11.5 Å². The van der Waals surface area contributed by atoms with E-state index in [0.29, 0.717) is 49.2 Å². The highest BCUT2D eigenvalue weighted by atomic mass is 32.2. The highest BCUT2D eigenvalue weighted by Gasteiger charge is 2.21. The van der Waals surface area contributed by atoms with Crippen molar-refractivity contribution in [2.75, 3.05) is 29.9 Å². The van der Waals surface area contributed by atoms with Crippen molar-refractivity contribution in [3.8, 4) is 17.2 Å². The van der Waals surface area contributed by atoms with Crippen LogP contribution in [0.15, 0.2) is 71.6 Å². The van der Waals surface area contributed by atoms with Crippen molar-refractivity contribution in [3.05, 3.63) is 72.3 Å². The van der Waals surface area contributed by atoms with Gasteiger partial charge in [-0.1, -0.05) is 12.1 Å². The average Bonchev–Trinajstić information content (AvgIpc) is 3.05. The maximum absolute atomic E-state index is 13.1. The van der Waals surface area contributed by atoms with Crippen LogP contribution in [0.1, 0.15) is 23.7 Å². The van der Waals surface area contributed by atoms with Gasteiger partial charge in [-0.3, -0.25) is 9.52 Å². The van der Waals surface area contributed by atoms with Crippen molar-refractivity contribution < 1.29 is 27.4 Å². The Kier molecular flexibility index (Phi) is 6.69. The van der Waals surface area contributed by atoms with E-state index in [-0.39, 0.29) is 16.1 Å². The van der Waals surface area contributed by atoms with Gasteiger partial charge < -0.3 is 19.5 Å². The summed E-state index contributed by atoms with van der Waals surface area (Å²) in [6, 6.07) is 17.8. The molecule has 8 nitrogen and oxygen atoms in total. The van der Waals surface area contributed by atoms with Crippen molar-refractivity contribution >= 4 is 27.3 Å². The van der Waals surface area contributed by atoms with Gasteiger partial charge in [0, 0.05) is 18.2 Å². The first-order chi connectivity index (χ1) is 16.0. The van der Waals surface area contributed by atoms with E-state index >= 15 is 0 Å². The van der Waals surface area contributed by atoms with Crippen LogP contribution in [0.5, 0.6) is 17.2 Å². The van der Waals surface area contributed by atoms with E-state index in [2.05, 4.69) is 10.0 Å². The van der Waals surface area contributed by atoms with E-state index in [4.69, 9.17) is 14.2 Å². The molecule has 1 amide bonds. The molecule has 9 heteroatoms. The third-order valence-electron chi connectivity index (χ3n) is 4.87. The summed E-state index contributed by atoms with van der Waals surface area (Å²) in [5, 5.41) is 2.78. The smallest absolute Gasteiger partial charge is 0.262 e. The summed E-state index contributed by atoms with van der Waals surface area (Å²) in [6.07, 6.45) is 0.714. The predicted molar refractivity (Wildman–Crippen MR) is 125 cm³/mol. The molecule has 0 aliphatic carbocycles. The lowest BCUT2D eigenvalue weighted by atomic mass is 10.1. The number of para-hydroxylation sites is 1. The third-order valence-corrected chi connectivity index (χ3v) is 6.23. The summed E-state index contributed by atoms with van der Waals surface area (Å²) in [5.74, 6) is 1.12. The fraction of sp³-hybridized carbons (Fsp3) is 0.208. The summed E-state index contributed by atoms with van der Waals surface area (Å²) in [5.41, 5.74) is 0.904. The SMILES string of the molecule is CCOc1ccc(NC(=O)c2ccccc2NS(=O)(=O)c2ccc3c(c2)OCCCO3)cc1. The number of benzene rings is 3. The van der Waals surface area contributed by atoms with Crippen molar-refractivity contribution in [2.45, 2.75) is 18.2 Å². The lowest BCUT2D eigenvalue weighted by molar-refractivity contribution is 0.102. The van der Waals surface area contributed by atoms with E-state index in [0.717, 1.165) is 0 Å². The molecule has 33 heavy (non-hydrogen) atoms. The van der Waals surface area contributed by atoms with Gasteiger partial charge in [-0.05, 0) is 55.5 Å². The minimum atomic E-state index is -3.98. The fourth-order valence-corrected chi connectivity index (χ4v) is 4.38. The van der Waals surface area contributed by atoms with E-state index < -0.39 is 15.9 Å². The third kappa shape index (κ3) is 5.38. The van der Waals surface area contributed by atoms with Crippen LogP contribution < -0.4 is 24.2 Å². The number of fused-ring (bicyclic) bond motifs is 1. The van der Waals surface area contributed by atoms with E-state index in [1.165, 1.54) is 18.2 Å². The molecule has 0 saturated carbocycles. The summed E-state index contributed by atoms with van der Waals surface area (Å²) in [6.45, 7) is 3.38. The molecule has 3 aromatic rings. The Hall–Kier alpha value is -3.72. The summed E-state index contributed by atoms with van der Waals surface area (Å²) >= 11 is 0. The normalized spacial score (nSPS) is 13.0. The van der Waals surface area contributed by atoms with Gasteiger partial charge in [0.05, 0.1) is 36.0 Å². The maximum atomic E-state index is 13.1. The van der Waals surface area contributed by atoms with E-state index in [1.807, 2.05) is 6.92 Å². The van der Waals surface area contributed by atoms with Crippen LogP contribution in [0.3, 0.4) is 0 Å². The highest BCUT2D eigenvalue weighted by Crippen LogP contribution is 2.33.